The van der Waals surface area contributed by atoms with E-state index in [-0.39, 0.29) is 12.5 Å². The first-order chi connectivity index (χ1) is 11.6. The van der Waals surface area contributed by atoms with Gasteiger partial charge in [0.1, 0.15) is 0 Å². The van der Waals surface area contributed by atoms with Gasteiger partial charge in [-0.1, -0.05) is 45.0 Å². The van der Waals surface area contributed by atoms with E-state index in [1.165, 1.54) is 5.56 Å². The molecule has 0 saturated heterocycles. The summed E-state index contributed by atoms with van der Waals surface area (Å²) in [6.07, 6.45) is 0.918. The predicted octanol–water partition coefficient (Wildman–Crippen LogP) is 4.62. The third-order valence-electron chi connectivity index (χ3n) is 3.53. The second-order valence-electron chi connectivity index (χ2n) is 5.91. The molecule has 0 heterocycles. The van der Waals surface area contributed by atoms with Crippen LogP contribution in [0.3, 0.4) is 0 Å². The molecule has 0 aliphatic carbocycles. The summed E-state index contributed by atoms with van der Waals surface area (Å²) in [6, 6.07) is 15.2. The maximum absolute atomic E-state index is 12.1. The molecule has 0 aromatic heterocycles. The van der Waals surface area contributed by atoms with Crippen LogP contribution in [-0.2, 0) is 4.79 Å². The van der Waals surface area contributed by atoms with Gasteiger partial charge in [0.15, 0.2) is 18.1 Å². The smallest absolute Gasteiger partial charge is 0.262 e. The minimum Gasteiger partial charge on any atom is -0.490 e. The molecular formula is C20H25NO3. The Morgan fingerprint density at radius 1 is 1.00 bits per heavy atom. The molecule has 24 heavy (non-hydrogen) atoms. The Kier molecular flexibility index (Phi) is 6.67. The molecular weight excluding hydrogens is 302 g/mol. The van der Waals surface area contributed by atoms with Crippen LogP contribution < -0.4 is 14.8 Å². The number of anilines is 1. The molecule has 128 valence electrons. The standard InChI is InChI=1S/C20H25NO3/c1-4-13-23-18-7-5-6-8-19(18)24-14-20(22)21-17-11-9-16(10-12-17)15(2)3/h5-12,15H,4,13-14H2,1-3H3,(H,21,22). The average Bonchev–Trinajstić information content (AvgIpc) is 2.59. The SMILES string of the molecule is CCCOc1ccccc1OCC(=O)Nc1ccc(C(C)C)cc1. The van der Waals surface area contributed by atoms with E-state index in [9.17, 15) is 4.79 Å². The van der Waals surface area contributed by atoms with E-state index in [0.29, 0.717) is 24.0 Å². The van der Waals surface area contributed by atoms with E-state index in [4.69, 9.17) is 9.47 Å². The molecule has 0 bridgehead atoms. The molecule has 0 saturated carbocycles. The van der Waals surface area contributed by atoms with Gasteiger partial charge in [0.25, 0.3) is 5.91 Å². The normalized spacial score (nSPS) is 10.5. The molecule has 2 aromatic carbocycles. The Balaban J connectivity index is 1.89. The molecule has 4 heteroatoms. The molecule has 2 aromatic rings. The maximum atomic E-state index is 12.1. The van der Waals surface area contributed by atoms with Gasteiger partial charge in [0.2, 0.25) is 0 Å². The zero-order chi connectivity index (χ0) is 17.4. The van der Waals surface area contributed by atoms with Crippen LogP contribution >= 0.6 is 0 Å². The second kappa shape index (κ2) is 8.96. The van der Waals surface area contributed by atoms with Crippen LogP contribution in [0.25, 0.3) is 0 Å². The lowest BCUT2D eigenvalue weighted by Gasteiger charge is -2.12. The van der Waals surface area contributed by atoms with Crippen molar-refractivity contribution >= 4 is 11.6 Å². The van der Waals surface area contributed by atoms with Gasteiger partial charge in [-0.25, -0.2) is 0 Å². The quantitative estimate of drug-likeness (QED) is 0.770. The summed E-state index contributed by atoms with van der Waals surface area (Å²) < 4.78 is 11.2. The molecule has 0 radical (unpaired) electrons. The summed E-state index contributed by atoms with van der Waals surface area (Å²) in [7, 11) is 0. The number of hydrogen-bond donors (Lipinski definition) is 1. The Hall–Kier alpha value is -2.49. The Morgan fingerprint density at radius 3 is 2.21 bits per heavy atom. The second-order valence-corrected chi connectivity index (χ2v) is 5.91. The maximum Gasteiger partial charge on any atom is 0.262 e. The third-order valence-corrected chi connectivity index (χ3v) is 3.53. The molecule has 0 spiro atoms. The number of hydrogen-bond acceptors (Lipinski definition) is 3. The van der Waals surface area contributed by atoms with Crippen molar-refractivity contribution in [2.75, 3.05) is 18.5 Å². The van der Waals surface area contributed by atoms with Crippen molar-refractivity contribution in [3.63, 3.8) is 0 Å². The Labute approximate surface area is 143 Å². The van der Waals surface area contributed by atoms with E-state index >= 15 is 0 Å². The molecule has 2 rings (SSSR count). The predicted molar refractivity (Wildman–Crippen MR) is 96.9 cm³/mol. The van der Waals surface area contributed by atoms with Crippen molar-refractivity contribution in [2.45, 2.75) is 33.1 Å². The minimum atomic E-state index is -0.197. The van der Waals surface area contributed by atoms with Crippen molar-refractivity contribution in [3.05, 3.63) is 54.1 Å². The lowest BCUT2D eigenvalue weighted by atomic mass is 10.0. The van der Waals surface area contributed by atoms with Crippen molar-refractivity contribution < 1.29 is 14.3 Å². The van der Waals surface area contributed by atoms with Crippen LogP contribution in [0.1, 0.15) is 38.7 Å². The van der Waals surface area contributed by atoms with Crippen molar-refractivity contribution in [2.24, 2.45) is 0 Å². The number of carbonyl (C=O) groups is 1. The van der Waals surface area contributed by atoms with E-state index in [2.05, 4.69) is 19.2 Å². The molecule has 0 unspecified atom stereocenters. The fourth-order valence-corrected chi connectivity index (χ4v) is 2.19. The van der Waals surface area contributed by atoms with Crippen molar-refractivity contribution in [3.8, 4) is 11.5 Å². The van der Waals surface area contributed by atoms with Crippen LogP contribution in [0.2, 0.25) is 0 Å². The summed E-state index contributed by atoms with van der Waals surface area (Å²) in [5, 5.41) is 2.84. The highest BCUT2D eigenvalue weighted by molar-refractivity contribution is 5.91. The van der Waals surface area contributed by atoms with E-state index in [1.807, 2.05) is 49.4 Å². The monoisotopic (exact) mass is 327 g/mol. The number of nitrogens with one attached hydrogen (secondary N) is 1. The fourth-order valence-electron chi connectivity index (χ4n) is 2.19. The number of rotatable bonds is 8. The lowest BCUT2D eigenvalue weighted by molar-refractivity contribution is -0.118. The van der Waals surface area contributed by atoms with E-state index < -0.39 is 0 Å². The van der Waals surface area contributed by atoms with Crippen LogP contribution in [0.15, 0.2) is 48.5 Å². The first kappa shape index (κ1) is 17.9. The molecule has 0 atom stereocenters. The van der Waals surface area contributed by atoms with Gasteiger partial charge < -0.3 is 14.8 Å². The number of ether oxygens (including phenoxy) is 2. The number of benzene rings is 2. The summed E-state index contributed by atoms with van der Waals surface area (Å²) in [5.74, 6) is 1.51. The molecule has 0 fully saturated rings. The van der Waals surface area contributed by atoms with Crippen molar-refractivity contribution in [1.82, 2.24) is 0 Å². The number of amides is 1. The van der Waals surface area contributed by atoms with Gasteiger partial charge >= 0.3 is 0 Å². The highest BCUT2D eigenvalue weighted by Crippen LogP contribution is 2.26. The first-order valence-corrected chi connectivity index (χ1v) is 8.34. The molecule has 1 amide bonds. The summed E-state index contributed by atoms with van der Waals surface area (Å²) in [6.45, 7) is 6.88. The van der Waals surface area contributed by atoms with Gasteiger partial charge in [-0.05, 0) is 42.2 Å². The van der Waals surface area contributed by atoms with Gasteiger partial charge in [0.05, 0.1) is 6.61 Å². The highest BCUT2D eigenvalue weighted by atomic mass is 16.5. The van der Waals surface area contributed by atoms with Crippen LogP contribution in [0, 0.1) is 0 Å². The van der Waals surface area contributed by atoms with Gasteiger partial charge in [0, 0.05) is 5.69 Å². The number of para-hydroxylation sites is 2. The zero-order valence-corrected chi connectivity index (χ0v) is 14.5. The summed E-state index contributed by atoms with van der Waals surface area (Å²) >= 11 is 0. The van der Waals surface area contributed by atoms with Crippen LogP contribution in [0.4, 0.5) is 5.69 Å². The molecule has 1 N–H and O–H groups in total. The van der Waals surface area contributed by atoms with E-state index in [0.717, 1.165) is 12.1 Å². The van der Waals surface area contributed by atoms with E-state index in [1.54, 1.807) is 6.07 Å². The summed E-state index contributed by atoms with van der Waals surface area (Å²) in [5.41, 5.74) is 2.01. The largest absolute Gasteiger partial charge is 0.490 e. The zero-order valence-electron chi connectivity index (χ0n) is 14.5. The fraction of sp³-hybridized carbons (Fsp3) is 0.350. The van der Waals surface area contributed by atoms with Crippen molar-refractivity contribution in [1.29, 1.82) is 0 Å². The molecule has 0 aliphatic rings. The number of carbonyl (C=O) groups excluding carboxylic acids is 1. The van der Waals surface area contributed by atoms with Crippen LogP contribution in [-0.4, -0.2) is 19.1 Å². The Morgan fingerprint density at radius 2 is 1.62 bits per heavy atom. The highest BCUT2D eigenvalue weighted by Gasteiger charge is 2.08. The van der Waals surface area contributed by atoms with Gasteiger partial charge in [-0.15, -0.1) is 0 Å². The third kappa shape index (κ3) is 5.30. The topological polar surface area (TPSA) is 47.6 Å². The first-order valence-electron chi connectivity index (χ1n) is 8.34. The minimum absolute atomic E-state index is 0.0571. The van der Waals surface area contributed by atoms with Crippen LogP contribution in [0.5, 0.6) is 11.5 Å². The van der Waals surface area contributed by atoms with Gasteiger partial charge in [-0.2, -0.15) is 0 Å². The lowest BCUT2D eigenvalue weighted by Crippen LogP contribution is -2.20. The molecule has 4 nitrogen and oxygen atoms in total. The Bertz CT molecular complexity index is 650. The summed E-state index contributed by atoms with van der Waals surface area (Å²) in [4.78, 5) is 12.1. The average molecular weight is 327 g/mol. The molecule has 0 aliphatic heterocycles. The van der Waals surface area contributed by atoms with Gasteiger partial charge in [-0.3, -0.25) is 4.79 Å².